The van der Waals surface area contributed by atoms with Crippen LogP contribution in [-0.2, 0) is 4.74 Å². The Balaban J connectivity index is 1.50. The van der Waals surface area contributed by atoms with Crippen molar-refractivity contribution >= 4 is 22.5 Å². The zero-order valence-corrected chi connectivity index (χ0v) is 17.3. The maximum atomic E-state index is 9.78. The summed E-state index contributed by atoms with van der Waals surface area (Å²) in [5.41, 5.74) is 4.71. The van der Waals surface area contributed by atoms with E-state index in [0.29, 0.717) is 0 Å². The lowest BCUT2D eigenvalue weighted by Crippen LogP contribution is -2.36. The second-order valence-electron chi connectivity index (χ2n) is 8.54. The molecule has 1 aromatic carbocycles. The number of hydrogen-bond donors (Lipinski definition) is 1. The van der Waals surface area contributed by atoms with Gasteiger partial charge in [0.15, 0.2) is 5.82 Å². The number of fused-ring (bicyclic) bond motifs is 1. The number of aliphatic hydroxyl groups is 1. The molecule has 3 aromatic rings. The Labute approximate surface area is 176 Å². The van der Waals surface area contributed by atoms with E-state index >= 15 is 0 Å². The summed E-state index contributed by atoms with van der Waals surface area (Å²) in [6.07, 6.45) is 4.37. The van der Waals surface area contributed by atoms with E-state index in [4.69, 9.17) is 9.72 Å². The topological polar surface area (TPSA) is 74.6 Å². The van der Waals surface area contributed by atoms with Crippen LogP contribution in [0.2, 0.25) is 0 Å². The van der Waals surface area contributed by atoms with E-state index in [1.165, 1.54) is 5.69 Å². The molecule has 156 valence electrons. The van der Waals surface area contributed by atoms with Gasteiger partial charge in [-0.25, -0.2) is 9.97 Å². The molecule has 1 atom stereocenters. The number of aliphatic hydroxyl groups excluding tert-OH is 1. The lowest BCUT2D eigenvalue weighted by molar-refractivity contribution is 0.122. The van der Waals surface area contributed by atoms with Crippen LogP contribution in [0.4, 0.5) is 11.5 Å². The molecule has 0 amide bonds. The van der Waals surface area contributed by atoms with E-state index in [9.17, 15) is 5.11 Å². The van der Waals surface area contributed by atoms with Gasteiger partial charge in [0.1, 0.15) is 5.52 Å². The van der Waals surface area contributed by atoms with Crippen molar-refractivity contribution in [2.24, 2.45) is 5.41 Å². The molecule has 1 unspecified atom stereocenters. The first-order valence-corrected chi connectivity index (χ1v) is 10.6. The van der Waals surface area contributed by atoms with Crippen LogP contribution in [0.5, 0.6) is 0 Å². The highest BCUT2D eigenvalue weighted by Crippen LogP contribution is 2.36. The number of aromatic nitrogens is 3. The van der Waals surface area contributed by atoms with Gasteiger partial charge in [0, 0.05) is 55.2 Å². The molecule has 1 N–H and O–H groups in total. The summed E-state index contributed by atoms with van der Waals surface area (Å²) in [6.45, 7) is 7.32. The van der Waals surface area contributed by atoms with Gasteiger partial charge in [-0.15, -0.1) is 0 Å². The summed E-state index contributed by atoms with van der Waals surface area (Å²) in [5.74, 6) is 0.852. The number of rotatable bonds is 4. The maximum Gasteiger partial charge on any atom is 0.157 e. The molecule has 2 aliphatic heterocycles. The summed E-state index contributed by atoms with van der Waals surface area (Å²) in [5, 5.41) is 9.78. The van der Waals surface area contributed by atoms with Crippen molar-refractivity contribution < 1.29 is 9.84 Å². The molecule has 0 radical (unpaired) electrons. The van der Waals surface area contributed by atoms with Gasteiger partial charge in [0.25, 0.3) is 0 Å². The molecular weight excluding hydrogens is 378 g/mol. The molecule has 0 saturated carbocycles. The van der Waals surface area contributed by atoms with Crippen LogP contribution in [0.3, 0.4) is 0 Å². The van der Waals surface area contributed by atoms with Crippen LogP contribution < -0.4 is 9.80 Å². The first kappa shape index (κ1) is 19.2. The standard InChI is InChI=1S/C23H27N5O2/c1-23(16-29)6-9-28(15-23)22-21-20(24-7-8-25-21)14-19(26-22)17-2-4-18(5-3-17)27-10-12-30-13-11-27/h2-5,7-8,14,29H,6,9-13,15-16H2,1H3. The molecule has 0 spiro atoms. The molecule has 2 fully saturated rings. The van der Waals surface area contributed by atoms with Gasteiger partial charge in [-0.1, -0.05) is 19.1 Å². The van der Waals surface area contributed by atoms with Crippen molar-refractivity contribution in [2.45, 2.75) is 13.3 Å². The Kier molecular flexibility index (Phi) is 5.00. The highest BCUT2D eigenvalue weighted by molar-refractivity contribution is 5.89. The first-order valence-electron chi connectivity index (χ1n) is 10.6. The van der Waals surface area contributed by atoms with Crippen molar-refractivity contribution in [1.82, 2.24) is 15.0 Å². The summed E-state index contributed by atoms with van der Waals surface area (Å²) >= 11 is 0. The van der Waals surface area contributed by atoms with Crippen LogP contribution >= 0.6 is 0 Å². The van der Waals surface area contributed by atoms with Gasteiger partial charge < -0.3 is 19.6 Å². The average Bonchev–Trinajstić information content (AvgIpc) is 3.21. The van der Waals surface area contributed by atoms with Crippen LogP contribution in [0.15, 0.2) is 42.7 Å². The fourth-order valence-corrected chi connectivity index (χ4v) is 4.32. The Bertz CT molecular complexity index is 1040. The third-order valence-electron chi connectivity index (χ3n) is 6.22. The third-order valence-corrected chi connectivity index (χ3v) is 6.22. The molecule has 2 aliphatic rings. The fraction of sp³-hybridized carbons (Fsp3) is 0.435. The Hall–Kier alpha value is -2.77. The minimum Gasteiger partial charge on any atom is -0.396 e. The predicted octanol–water partition coefficient (Wildman–Crippen LogP) is 2.74. The number of hydrogen-bond acceptors (Lipinski definition) is 7. The van der Waals surface area contributed by atoms with Crippen molar-refractivity contribution in [1.29, 1.82) is 0 Å². The highest BCUT2D eigenvalue weighted by atomic mass is 16.5. The first-order chi connectivity index (χ1) is 14.6. The Morgan fingerprint density at radius 3 is 2.53 bits per heavy atom. The van der Waals surface area contributed by atoms with Gasteiger partial charge in [0.2, 0.25) is 0 Å². The molecule has 0 aliphatic carbocycles. The number of ether oxygens (including phenoxy) is 1. The second-order valence-corrected chi connectivity index (χ2v) is 8.54. The summed E-state index contributed by atoms with van der Waals surface area (Å²) in [6, 6.07) is 10.6. The molecule has 30 heavy (non-hydrogen) atoms. The molecule has 5 rings (SSSR count). The quantitative estimate of drug-likeness (QED) is 0.715. The summed E-state index contributed by atoms with van der Waals surface area (Å²) in [4.78, 5) is 18.7. The highest BCUT2D eigenvalue weighted by Gasteiger charge is 2.34. The summed E-state index contributed by atoms with van der Waals surface area (Å²) < 4.78 is 5.45. The number of nitrogens with zero attached hydrogens (tertiary/aromatic N) is 5. The fourth-order valence-electron chi connectivity index (χ4n) is 4.32. The van der Waals surface area contributed by atoms with Gasteiger partial charge in [-0.05, 0) is 24.6 Å². The minimum atomic E-state index is -0.105. The molecular formula is C23H27N5O2. The molecule has 4 heterocycles. The van der Waals surface area contributed by atoms with E-state index in [0.717, 1.165) is 73.9 Å². The maximum absolute atomic E-state index is 9.78. The molecule has 0 bridgehead atoms. The zero-order valence-electron chi connectivity index (χ0n) is 17.3. The van der Waals surface area contributed by atoms with Crippen LogP contribution in [0.25, 0.3) is 22.3 Å². The van der Waals surface area contributed by atoms with Gasteiger partial charge >= 0.3 is 0 Å². The lowest BCUT2D eigenvalue weighted by Gasteiger charge is -2.29. The van der Waals surface area contributed by atoms with Crippen molar-refractivity contribution in [3.63, 3.8) is 0 Å². The smallest absolute Gasteiger partial charge is 0.157 e. The Morgan fingerprint density at radius 2 is 1.80 bits per heavy atom. The van der Waals surface area contributed by atoms with Crippen molar-refractivity contribution in [2.75, 3.05) is 55.8 Å². The zero-order chi connectivity index (χ0) is 20.6. The predicted molar refractivity (Wildman–Crippen MR) is 118 cm³/mol. The number of benzene rings is 1. The Morgan fingerprint density at radius 1 is 1.03 bits per heavy atom. The van der Waals surface area contributed by atoms with Crippen LogP contribution in [-0.4, -0.2) is 66.1 Å². The van der Waals surface area contributed by atoms with E-state index < -0.39 is 0 Å². The average molecular weight is 406 g/mol. The molecule has 7 nitrogen and oxygen atoms in total. The SMILES string of the molecule is CC1(CO)CCN(c2nc(-c3ccc(N4CCOCC4)cc3)cc3nccnc23)C1. The third kappa shape index (κ3) is 3.59. The van der Waals surface area contributed by atoms with E-state index in [1.807, 2.05) is 6.07 Å². The second kappa shape index (κ2) is 7.81. The normalized spacial score (nSPS) is 22.1. The number of morpholine rings is 1. The summed E-state index contributed by atoms with van der Waals surface area (Å²) in [7, 11) is 0. The van der Waals surface area contributed by atoms with E-state index in [-0.39, 0.29) is 12.0 Å². The molecule has 7 heteroatoms. The monoisotopic (exact) mass is 405 g/mol. The molecule has 2 saturated heterocycles. The van der Waals surface area contributed by atoms with Crippen molar-refractivity contribution in [3.8, 4) is 11.3 Å². The van der Waals surface area contributed by atoms with Crippen LogP contribution in [0, 0.1) is 5.41 Å². The lowest BCUT2D eigenvalue weighted by atomic mass is 9.91. The van der Waals surface area contributed by atoms with E-state index in [1.54, 1.807) is 12.4 Å². The molecule has 2 aromatic heterocycles. The van der Waals surface area contributed by atoms with E-state index in [2.05, 4.69) is 51.0 Å². The minimum absolute atomic E-state index is 0.105. The van der Waals surface area contributed by atoms with Crippen LogP contribution in [0.1, 0.15) is 13.3 Å². The number of pyridine rings is 1. The number of anilines is 2. The van der Waals surface area contributed by atoms with Crippen molar-refractivity contribution in [3.05, 3.63) is 42.7 Å². The van der Waals surface area contributed by atoms with Gasteiger partial charge in [-0.2, -0.15) is 0 Å². The van der Waals surface area contributed by atoms with Gasteiger partial charge in [-0.3, -0.25) is 4.98 Å². The largest absolute Gasteiger partial charge is 0.396 e. The van der Waals surface area contributed by atoms with Gasteiger partial charge in [0.05, 0.1) is 31.0 Å².